The van der Waals surface area contributed by atoms with Crippen LogP contribution in [0.5, 0.6) is 0 Å². The van der Waals surface area contributed by atoms with E-state index in [0.29, 0.717) is 4.75 Å². The molecule has 4 heteroatoms. The Hall–Kier alpha value is -0.610. The Morgan fingerprint density at radius 3 is 2.53 bits per heavy atom. The molecule has 19 heavy (non-hydrogen) atoms. The highest BCUT2D eigenvalue weighted by Gasteiger charge is 2.32. The molecule has 0 saturated heterocycles. The van der Waals surface area contributed by atoms with E-state index in [-0.39, 0.29) is 6.04 Å². The second kappa shape index (κ2) is 6.23. The summed E-state index contributed by atoms with van der Waals surface area (Å²) in [4.78, 5) is 0. The van der Waals surface area contributed by atoms with E-state index < -0.39 is 11.6 Å². The lowest BCUT2D eigenvalue weighted by molar-refractivity contribution is 0.477. The van der Waals surface area contributed by atoms with Crippen molar-refractivity contribution in [2.24, 2.45) is 0 Å². The normalized spacial score (nSPS) is 19.6. The third-order valence-electron chi connectivity index (χ3n) is 4.12. The maximum absolute atomic E-state index is 13.2. The third kappa shape index (κ3) is 3.48. The van der Waals surface area contributed by atoms with Crippen LogP contribution in [0.15, 0.2) is 18.2 Å². The zero-order chi connectivity index (χ0) is 13.9. The number of halogens is 2. The lowest BCUT2D eigenvalue weighted by Gasteiger charge is -2.29. The minimum atomic E-state index is -0.785. The summed E-state index contributed by atoms with van der Waals surface area (Å²) in [5.41, 5.74) is 0.799. The van der Waals surface area contributed by atoms with Gasteiger partial charge in [-0.15, -0.1) is 0 Å². The Labute approximate surface area is 118 Å². The molecule has 0 heterocycles. The van der Waals surface area contributed by atoms with Gasteiger partial charge in [-0.2, -0.15) is 11.8 Å². The van der Waals surface area contributed by atoms with Crippen molar-refractivity contribution in [2.75, 3.05) is 12.8 Å². The lowest BCUT2D eigenvalue weighted by atomic mass is 10.0. The number of nitrogens with one attached hydrogen (secondary N) is 1. The van der Waals surface area contributed by atoms with Crippen LogP contribution in [0, 0.1) is 11.6 Å². The minimum Gasteiger partial charge on any atom is -0.309 e. The van der Waals surface area contributed by atoms with Gasteiger partial charge >= 0.3 is 0 Å². The van der Waals surface area contributed by atoms with Crippen molar-refractivity contribution in [3.8, 4) is 0 Å². The van der Waals surface area contributed by atoms with Crippen LogP contribution < -0.4 is 5.32 Å². The number of rotatable bonds is 5. The first-order valence-corrected chi connectivity index (χ1v) is 8.02. The van der Waals surface area contributed by atoms with Crippen LogP contribution in [0.25, 0.3) is 0 Å². The molecule has 1 aliphatic carbocycles. The highest BCUT2D eigenvalue weighted by atomic mass is 32.2. The summed E-state index contributed by atoms with van der Waals surface area (Å²) >= 11 is 1.93. The van der Waals surface area contributed by atoms with E-state index in [9.17, 15) is 8.78 Å². The van der Waals surface area contributed by atoms with Gasteiger partial charge in [-0.3, -0.25) is 0 Å². The van der Waals surface area contributed by atoms with Crippen molar-refractivity contribution >= 4 is 11.8 Å². The van der Waals surface area contributed by atoms with E-state index in [2.05, 4.69) is 11.6 Å². The lowest BCUT2D eigenvalue weighted by Crippen LogP contribution is -2.36. The number of benzene rings is 1. The Bertz CT molecular complexity index is 430. The number of hydrogen-bond acceptors (Lipinski definition) is 2. The molecule has 0 aliphatic heterocycles. The number of thioether (sulfide) groups is 1. The van der Waals surface area contributed by atoms with Crippen molar-refractivity contribution in [2.45, 2.75) is 43.4 Å². The minimum absolute atomic E-state index is 0.0414. The van der Waals surface area contributed by atoms with E-state index in [4.69, 9.17) is 0 Å². The molecule has 106 valence electrons. The van der Waals surface area contributed by atoms with Gasteiger partial charge in [-0.05, 0) is 43.7 Å². The van der Waals surface area contributed by atoms with Crippen LogP contribution in [0.3, 0.4) is 0 Å². The molecule has 1 nitrogen and oxygen atoms in total. The maximum Gasteiger partial charge on any atom is 0.159 e. The topological polar surface area (TPSA) is 12.0 Å². The summed E-state index contributed by atoms with van der Waals surface area (Å²) in [6, 6.07) is 4.17. The molecular formula is C15H21F2NS. The van der Waals surface area contributed by atoms with E-state index in [1.807, 2.05) is 18.7 Å². The van der Waals surface area contributed by atoms with Crippen LogP contribution in [0.2, 0.25) is 0 Å². The van der Waals surface area contributed by atoms with Gasteiger partial charge in [0, 0.05) is 17.3 Å². The summed E-state index contributed by atoms with van der Waals surface area (Å²) in [5, 5.41) is 3.47. The van der Waals surface area contributed by atoms with Crippen molar-refractivity contribution in [3.05, 3.63) is 35.4 Å². The summed E-state index contributed by atoms with van der Waals surface area (Å²) < 4.78 is 26.5. The van der Waals surface area contributed by atoms with Crippen molar-refractivity contribution in [1.82, 2.24) is 5.32 Å². The van der Waals surface area contributed by atoms with E-state index >= 15 is 0 Å². The van der Waals surface area contributed by atoms with E-state index in [1.165, 1.54) is 37.8 Å². The Kier molecular flexibility index (Phi) is 4.85. The monoisotopic (exact) mass is 285 g/mol. The quantitative estimate of drug-likeness (QED) is 0.866. The third-order valence-corrected chi connectivity index (χ3v) is 5.54. The van der Waals surface area contributed by atoms with Gasteiger partial charge < -0.3 is 5.32 Å². The van der Waals surface area contributed by atoms with Gasteiger partial charge in [-0.25, -0.2) is 8.78 Å². The largest absolute Gasteiger partial charge is 0.309 e. The van der Waals surface area contributed by atoms with Crippen molar-refractivity contribution in [3.63, 3.8) is 0 Å². The Balaban J connectivity index is 1.96. The molecule has 1 N–H and O–H groups in total. The summed E-state index contributed by atoms with van der Waals surface area (Å²) in [5.74, 6) is -1.56. The van der Waals surface area contributed by atoms with Crippen molar-refractivity contribution < 1.29 is 8.78 Å². The average Bonchev–Trinajstić information content (AvgIpc) is 2.89. The predicted octanol–water partition coefficient (Wildman–Crippen LogP) is 4.29. The van der Waals surface area contributed by atoms with Crippen LogP contribution >= 0.6 is 11.8 Å². The maximum atomic E-state index is 13.2. The molecule has 0 aromatic heterocycles. The molecule has 1 saturated carbocycles. The molecule has 0 radical (unpaired) electrons. The second-order valence-electron chi connectivity index (χ2n) is 5.37. The Morgan fingerprint density at radius 1 is 1.26 bits per heavy atom. The second-order valence-corrected chi connectivity index (χ2v) is 6.64. The van der Waals surface area contributed by atoms with Gasteiger partial charge in [0.1, 0.15) is 0 Å². The van der Waals surface area contributed by atoms with Crippen LogP contribution in [-0.2, 0) is 0 Å². The molecule has 1 aromatic rings. The fraction of sp³-hybridized carbons (Fsp3) is 0.600. The molecular weight excluding hydrogens is 264 g/mol. The zero-order valence-electron chi connectivity index (χ0n) is 11.5. The summed E-state index contributed by atoms with van der Waals surface area (Å²) in [7, 11) is 0. The number of hydrogen-bond donors (Lipinski definition) is 1. The van der Waals surface area contributed by atoms with Crippen LogP contribution in [0.1, 0.15) is 44.2 Å². The molecule has 0 amide bonds. The fourth-order valence-corrected chi connectivity index (χ4v) is 3.64. The van der Waals surface area contributed by atoms with Crippen molar-refractivity contribution in [1.29, 1.82) is 0 Å². The van der Waals surface area contributed by atoms with E-state index in [0.717, 1.165) is 12.1 Å². The first-order valence-electron chi connectivity index (χ1n) is 6.80. The smallest absolute Gasteiger partial charge is 0.159 e. The summed E-state index contributed by atoms with van der Waals surface area (Å²) in [6.45, 7) is 2.92. The van der Waals surface area contributed by atoms with Gasteiger partial charge in [0.05, 0.1) is 0 Å². The average molecular weight is 285 g/mol. The standard InChI is InChI=1S/C15H21F2NS/c1-11(12-5-6-13(16)14(17)9-12)18-10-15(19-2)7-3-4-8-15/h5-6,9,11,18H,3-4,7-8,10H2,1-2H3. The van der Waals surface area contributed by atoms with Gasteiger partial charge in [0.15, 0.2) is 11.6 Å². The van der Waals surface area contributed by atoms with Gasteiger partial charge in [-0.1, -0.05) is 18.9 Å². The van der Waals surface area contributed by atoms with Crippen LogP contribution in [-0.4, -0.2) is 17.5 Å². The molecule has 1 fully saturated rings. The molecule has 1 aliphatic rings. The predicted molar refractivity (Wildman–Crippen MR) is 77.5 cm³/mol. The summed E-state index contributed by atoms with van der Waals surface area (Å²) in [6.07, 6.45) is 7.23. The zero-order valence-corrected chi connectivity index (χ0v) is 12.3. The molecule has 0 bridgehead atoms. The van der Waals surface area contributed by atoms with Gasteiger partial charge in [0.25, 0.3) is 0 Å². The molecule has 2 rings (SSSR count). The fourth-order valence-electron chi connectivity index (χ4n) is 2.71. The van der Waals surface area contributed by atoms with Gasteiger partial charge in [0.2, 0.25) is 0 Å². The SMILES string of the molecule is CSC1(CNC(C)c2ccc(F)c(F)c2)CCCC1. The first kappa shape index (κ1) is 14.8. The molecule has 1 unspecified atom stereocenters. The van der Waals surface area contributed by atoms with Crippen LogP contribution in [0.4, 0.5) is 8.78 Å². The van der Waals surface area contributed by atoms with E-state index in [1.54, 1.807) is 6.07 Å². The molecule has 0 spiro atoms. The Morgan fingerprint density at radius 2 is 1.95 bits per heavy atom. The highest BCUT2D eigenvalue weighted by molar-refractivity contribution is 8.00. The first-order chi connectivity index (χ1) is 9.06. The molecule has 1 aromatic carbocycles. The molecule has 1 atom stereocenters. The highest BCUT2D eigenvalue weighted by Crippen LogP contribution is 2.39.